The standard InChI is InChI=1S/C44H89N2O6P/c1-6-8-10-12-14-16-18-20-21-22-23-24-26-28-30-32-34-36-38-44(48)45-42(41-52-53(49,50)51-40-39-46(3,4)5)43(47)37-35-33-31-29-27-25-19-17-15-13-11-9-7-2/h21-22,42-43,47H,6-20,23-41H2,1-5H3,(H-,45,48,49,50)/b22-21-. The largest absolute Gasteiger partial charge is 0.756 e. The van der Waals surface area contributed by atoms with Crippen molar-refractivity contribution < 1.29 is 32.9 Å². The number of aliphatic hydroxyl groups excluding tert-OH is 1. The molecule has 8 nitrogen and oxygen atoms in total. The van der Waals surface area contributed by atoms with Crippen molar-refractivity contribution in [1.82, 2.24) is 5.32 Å². The highest BCUT2D eigenvalue weighted by atomic mass is 31.2. The van der Waals surface area contributed by atoms with Crippen molar-refractivity contribution in [2.24, 2.45) is 0 Å². The van der Waals surface area contributed by atoms with Crippen LogP contribution in [0.15, 0.2) is 12.2 Å². The minimum Gasteiger partial charge on any atom is -0.756 e. The van der Waals surface area contributed by atoms with Gasteiger partial charge in [-0.3, -0.25) is 9.36 Å². The first kappa shape index (κ1) is 52.2. The van der Waals surface area contributed by atoms with Gasteiger partial charge >= 0.3 is 0 Å². The first-order valence-corrected chi connectivity index (χ1v) is 24.0. The van der Waals surface area contributed by atoms with Crippen LogP contribution in [-0.2, 0) is 18.4 Å². The Kier molecular flexibility index (Phi) is 36.3. The van der Waals surface area contributed by atoms with E-state index in [2.05, 4.69) is 31.3 Å². The SMILES string of the molecule is CCCCCCCCC/C=C\CCCCCCCCCC(=O)NC(COP(=O)([O-])OCC[N+](C)(C)C)C(O)CCCCCCCCCCCCCCC. The van der Waals surface area contributed by atoms with Crippen molar-refractivity contribution in [2.45, 2.75) is 225 Å². The molecule has 2 N–H and O–H groups in total. The van der Waals surface area contributed by atoms with Crippen LogP contribution in [0.5, 0.6) is 0 Å². The summed E-state index contributed by atoms with van der Waals surface area (Å²) in [5, 5.41) is 13.9. The van der Waals surface area contributed by atoms with E-state index in [1.165, 1.54) is 148 Å². The molecule has 9 heteroatoms. The molecule has 3 unspecified atom stereocenters. The highest BCUT2D eigenvalue weighted by Gasteiger charge is 2.24. The Hall–Kier alpha value is -0.760. The summed E-state index contributed by atoms with van der Waals surface area (Å²) in [7, 11) is 1.31. The van der Waals surface area contributed by atoms with Crippen molar-refractivity contribution in [2.75, 3.05) is 40.9 Å². The number of likely N-dealkylation sites (N-methyl/N-ethyl adjacent to an activating group) is 1. The van der Waals surface area contributed by atoms with Crippen LogP contribution in [-0.4, -0.2) is 68.5 Å². The van der Waals surface area contributed by atoms with Gasteiger partial charge < -0.3 is 28.8 Å². The average Bonchev–Trinajstić information content (AvgIpc) is 3.10. The van der Waals surface area contributed by atoms with Gasteiger partial charge in [0.15, 0.2) is 0 Å². The van der Waals surface area contributed by atoms with Crippen molar-refractivity contribution in [3.05, 3.63) is 12.2 Å². The summed E-state index contributed by atoms with van der Waals surface area (Å²) in [6.07, 6.45) is 40.6. The van der Waals surface area contributed by atoms with Gasteiger partial charge in [-0.25, -0.2) is 0 Å². The minimum atomic E-state index is -4.56. The Morgan fingerprint density at radius 3 is 1.47 bits per heavy atom. The molecule has 0 bridgehead atoms. The van der Waals surface area contributed by atoms with Gasteiger partial charge in [0.1, 0.15) is 13.2 Å². The second-order valence-corrected chi connectivity index (χ2v) is 18.2. The van der Waals surface area contributed by atoms with Gasteiger partial charge in [0.2, 0.25) is 5.91 Å². The molecule has 316 valence electrons. The highest BCUT2D eigenvalue weighted by molar-refractivity contribution is 7.45. The summed E-state index contributed by atoms with van der Waals surface area (Å²) in [6.45, 7) is 4.72. The van der Waals surface area contributed by atoms with Gasteiger partial charge in [0.25, 0.3) is 7.82 Å². The predicted molar refractivity (Wildman–Crippen MR) is 224 cm³/mol. The molecule has 0 aliphatic rings. The Morgan fingerprint density at radius 2 is 1.04 bits per heavy atom. The number of allylic oxidation sites excluding steroid dienone is 2. The fraction of sp³-hybridized carbons (Fsp3) is 0.932. The monoisotopic (exact) mass is 773 g/mol. The van der Waals surface area contributed by atoms with E-state index in [0.29, 0.717) is 23.9 Å². The zero-order valence-electron chi connectivity index (χ0n) is 35.7. The van der Waals surface area contributed by atoms with E-state index in [9.17, 15) is 19.4 Å². The Bertz CT molecular complexity index is 880. The predicted octanol–water partition coefficient (Wildman–Crippen LogP) is 11.7. The number of hydrogen-bond acceptors (Lipinski definition) is 6. The molecule has 0 aromatic rings. The molecular formula is C44H89N2O6P. The summed E-state index contributed by atoms with van der Waals surface area (Å²) in [6, 6.07) is -0.798. The maximum Gasteiger partial charge on any atom is 0.268 e. The first-order valence-electron chi connectivity index (χ1n) is 22.5. The molecule has 1 amide bonds. The Balaban J connectivity index is 4.33. The maximum atomic E-state index is 12.9. The number of quaternary nitrogens is 1. The van der Waals surface area contributed by atoms with E-state index >= 15 is 0 Å². The molecule has 0 aromatic heterocycles. The number of phosphoric acid groups is 1. The first-order chi connectivity index (χ1) is 25.5. The molecule has 0 heterocycles. The van der Waals surface area contributed by atoms with E-state index in [1.807, 2.05) is 21.1 Å². The molecule has 0 saturated carbocycles. The van der Waals surface area contributed by atoms with Crippen LogP contribution in [0.25, 0.3) is 0 Å². The number of carbonyl (C=O) groups excluding carboxylic acids is 1. The van der Waals surface area contributed by atoms with Crippen LogP contribution in [0.1, 0.15) is 213 Å². The number of aliphatic hydroxyl groups is 1. The lowest BCUT2D eigenvalue weighted by Crippen LogP contribution is -2.46. The third kappa shape index (κ3) is 39.3. The number of phosphoric ester groups is 1. The smallest absolute Gasteiger partial charge is 0.268 e. The van der Waals surface area contributed by atoms with Crippen LogP contribution in [0.2, 0.25) is 0 Å². The van der Waals surface area contributed by atoms with E-state index in [-0.39, 0.29) is 19.1 Å². The number of amides is 1. The molecule has 0 aliphatic carbocycles. The lowest BCUT2D eigenvalue weighted by Gasteiger charge is -2.30. The third-order valence-corrected chi connectivity index (χ3v) is 11.2. The lowest BCUT2D eigenvalue weighted by atomic mass is 10.0. The summed E-state index contributed by atoms with van der Waals surface area (Å²) in [4.78, 5) is 25.3. The lowest BCUT2D eigenvalue weighted by molar-refractivity contribution is -0.870. The van der Waals surface area contributed by atoms with E-state index in [4.69, 9.17) is 9.05 Å². The van der Waals surface area contributed by atoms with Crippen LogP contribution in [0.4, 0.5) is 0 Å². The van der Waals surface area contributed by atoms with Gasteiger partial charge in [-0.05, 0) is 38.5 Å². The molecule has 0 aliphatic heterocycles. The van der Waals surface area contributed by atoms with Crippen molar-refractivity contribution in [1.29, 1.82) is 0 Å². The van der Waals surface area contributed by atoms with Gasteiger partial charge in [0.05, 0.1) is 39.9 Å². The molecule has 3 atom stereocenters. The Morgan fingerprint density at radius 1 is 0.642 bits per heavy atom. The highest BCUT2D eigenvalue weighted by Crippen LogP contribution is 2.38. The zero-order chi connectivity index (χ0) is 39.3. The normalized spacial score (nSPS) is 14.5. The topological polar surface area (TPSA) is 108 Å². The van der Waals surface area contributed by atoms with Gasteiger partial charge in [-0.15, -0.1) is 0 Å². The van der Waals surface area contributed by atoms with Crippen molar-refractivity contribution in [3.63, 3.8) is 0 Å². The molecule has 0 aromatic carbocycles. The van der Waals surface area contributed by atoms with Crippen molar-refractivity contribution >= 4 is 13.7 Å². The second-order valence-electron chi connectivity index (χ2n) is 16.8. The van der Waals surface area contributed by atoms with E-state index in [1.54, 1.807) is 0 Å². The second kappa shape index (κ2) is 36.9. The number of nitrogens with one attached hydrogen (secondary N) is 1. The quantitative estimate of drug-likeness (QED) is 0.0277. The fourth-order valence-corrected chi connectivity index (χ4v) is 7.35. The van der Waals surface area contributed by atoms with E-state index < -0.39 is 20.0 Å². The van der Waals surface area contributed by atoms with Crippen LogP contribution >= 0.6 is 7.82 Å². The van der Waals surface area contributed by atoms with Gasteiger partial charge in [-0.1, -0.05) is 180 Å². The molecule has 0 saturated heterocycles. The number of carbonyl (C=O) groups is 1. The minimum absolute atomic E-state index is 0.0131. The zero-order valence-corrected chi connectivity index (χ0v) is 36.6. The summed E-state index contributed by atoms with van der Waals surface area (Å²) < 4.78 is 23.2. The van der Waals surface area contributed by atoms with Gasteiger partial charge in [0, 0.05) is 6.42 Å². The molecule has 53 heavy (non-hydrogen) atoms. The number of unbranched alkanes of at least 4 members (excludes halogenated alkanes) is 26. The fourth-order valence-electron chi connectivity index (χ4n) is 6.62. The third-order valence-electron chi connectivity index (χ3n) is 10.3. The van der Waals surface area contributed by atoms with Crippen LogP contribution in [0, 0.1) is 0 Å². The average molecular weight is 773 g/mol. The molecule has 0 rings (SSSR count). The number of rotatable bonds is 41. The van der Waals surface area contributed by atoms with E-state index in [0.717, 1.165) is 38.5 Å². The summed E-state index contributed by atoms with van der Waals surface area (Å²) >= 11 is 0. The molecular weight excluding hydrogens is 683 g/mol. The molecule has 0 spiro atoms. The summed E-state index contributed by atoms with van der Waals surface area (Å²) in [5.74, 6) is -0.169. The van der Waals surface area contributed by atoms with Gasteiger partial charge in [-0.2, -0.15) is 0 Å². The summed E-state index contributed by atoms with van der Waals surface area (Å²) in [5.41, 5.74) is 0. The van der Waals surface area contributed by atoms with Crippen molar-refractivity contribution in [3.8, 4) is 0 Å². The molecule has 0 radical (unpaired) electrons. The van der Waals surface area contributed by atoms with Crippen LogP contribution in [0.3, 0.4) is 0 Å². The number of hydrogen-bond donors (Lipinski definition) is 2. The molecule has 0 fully saturated rings. The number of nitrogens with zero attached hydrogens (tertiary/aromatic N) is 1. The van der Waals surface area contributed by atoms with Crippen LogP contribution < -0.4 is 10.2 Å². The Labute approximate surface area is 329 Å². The maximum absolute atomic E-state index is 12.9.